The lowest BCUT2D eigenvalue weighted by atomic mass is 10.2. The van der Waals surface area contributed by atoms with Crippen LogP contribution in [0.4, 0.5) is 10.1 Å². The molecule has 0 aliphatic heterocycles. The Bertz CT molecular complexity index is 856. The van der Waals surface area contributed by atoms with E-state index in [1.54, 1.807) is 6.07 Å². The van der Waals surface area contributed by atoms with Crippen molar-refractivity contribution in [3.05, 3.63) is 51.2 Å². The largest absolute Gasteiger partial charge is 0.455 e. The van der Waals surface area contributed by atoms with Crippen molar-refractivity contribution in [2.75, 3.05) is 5.73 Å². The van der Waals surface area contributed by atoms with E-state index in [1.165, 1.54) is 24.3 Å². The van der Waals surface area contributed by atoms with Crippen LogP contribution in [-0.2, 0) is 0 Å². The normalized spacial score (nSPS) is 10.9. The number of nitrogens with one attached hydrogen (secondary N) is 1. The predicted molar refractivity (Wildman–Crippen MR) is 75.4 cm³/mol. The van der Waals surface area contributed by atoms with Crippen LogP contribution in [0.1, 0.15) is 0 Å². The Labute approximate surface area is 120 Å². The molecule has 102 valence electrons. The SMILES string of the molecule is Nc1cc2oc(=O)[nH]c2cc1Oc1ccc(Br)c(F)c1. The number of nitrogens with two attached hydrogens (primary N) is 1. The molecule has 0 spiro atoms. The van der Waals surface area contributed by atoms with E-state index in [9.17, 15) is 9.18 Å². The number of halogens is 2. The number of anilines is 1. The summed E-state index contributed by atoms with van der Waals surface area (Å²) in [6.07, 6.45) is 0. The number of oxazole rings is 1. The Morgan fingerprint density at radius 3 is 2.85 bits per heavy atom. The average molecular weight is 339 g/mol. The van der Waals surface area contributed by atoms with Gasteiger partial charge in [-0.1, -0.05) is 0 Å². The van der Waals surface area contributed by atoms with E-state index in [0.29, 0.717) is 27.1 Å². The first-order chi connectivity index (χ1) is 9.52. The zero-order chi connectivity index (χ0) is 14.3. The number of aromatic nitrogens is 1. The summed E-state index contributed by atoms with van der Waals surface area (Å²) in [6, 6.07) is 7.34. The molecule has 3 N–H and O–H groups in total. The highest BCUT2D eigenvalue weighted by Gasteiger charge is 2.10. The number of hydrogen-bond acceptors (Lipinski definition) is 4. The Kier molecular flexibility index (Phi) is 2.98. The molecule has 3 rings (SSSR count). The first-order valence-electron chi connectivity index (χ1n) is 5.58. The lowest BCUT2D eigenvalue weighted by Crippen LogP contribution is -1.94. The lowest BCUT2D eigenvalue weighted by molar-refractivity contribution is 0.478. The molecule has 1 heterocycles. The van der Waals surface area contributed by atoms with Gasteiger partial charge in [0.05, 0.1) is 15.7 Å². The van der Waals surface area contributed by atoms with E-state index >= 15 is 0 Å². The number of H-pyrrole nitrogens is 1. The topological polar surface area (TPSA) is 81.2 Å². The van der Waals surface area contributed by atoms with Crippen molar-refractivity contribution in [2.24, 2.45) is 0 Å². The van der Waals surface area contributed by atoms with Gasteiger partial charge in [-0.2, -0.15) is 0 Å². The Morgan fingerprint density at radius 2 is 2.10 bits per heavy atom. The minimum absolute atomic E-state index is 0.281. The van der Waals surface area contributed by atoms with Gasteiger partial charge in [-0.05, 0) is 28.1 Å². The summed E-state index contributed by atoms with van der Waals surface area (Å²) in [7, 11) is 0. The molecule has 0 aliphatic carbocycles. The van der Waals surface area contributed by atoms with Crippen LogP contribution in [0, 0.1) is 5.82 Å². The maximum absolute atomic E-state index is 13.4. The van der Waals surface area contributed by atoms with E-state index in [0.717, 1.165) is 0 Å². The van der Waals surface area contributed by atoms with Crippen LogP contribution >= 0.6 is 15.9 Å². The molecule has 0 radical (unpaired) electrons. The molecule has 1 aromatic heterocycles. The van der Waals surface area contributed by atoms with Crippen molar-refractivity contribution in [3.8, 4) is 11.5 Å². The van der Waals surface area contributed by atoms with E-state index in [-0.39, 0.29) is 5.69 Å². The van der Waals surface area contributed by atoms with Gasteiger partial charge < -0.3 is 14.9 Å². The average Bonchev–Trinajstić information content (AvgIpc) is 2.73. The number of benzene rings is 2. The first kappa shape index (κ1) is 12.7. The van der Waals surface area contributed by atoms with Crippen molar-refractivity contribution in [3.63, 3.8) is 0 Å². The molecule has 0 saturated heterocycles. The summed E-state index contributed by atoms with van der Waals surface area (Å²) < 4.78 is 24.1. The van der Waals surface area contributed by atoms with Crippen LogP contribution < -0.4 is 16.2 Å². The Hall–Kier alpha value is -2.28. The maximum atomic E-state index is 13.4. The monoisotopic (exact) mass is 338 g/mol. The Balaban J connectivity index is 2.02. The zero-order valence-corrected chi connectivity index (χ0v) is 11.5. The summed E-state index contributed by atoms with van der Waals surface area (Å²) in [5.41, 5.74) is 6.88. The third kappa shape index (κ3) is 2.27. The summed E-state index contributed by atoms with van der Waals surface area (Å²) in [5, 5.41) is 0. The minimum Gasteiger partial charge on any atom is -0.455 e. The standard InChI is InChI=1S/C13H8BrFN2O3/c14-7-2-1-6(3-8(7)15)19-11-5-10-12(4-9(11)16)20-13(18)17-10/h1-5H,16H2,(H,17,18). The summed E-state index contributed by atoms with van der Waals surface area (Å²) in [4.78, 5) is 13.6. The van der Waals surface area contributed by atoms with Crippen LogP contribution in [0.2, 0.25) is 0 Å². The molecule has 5 nitrogen and oxygen atoms in total. The van der Waals surface area contributed by atoms with E-state index in [4.69, 9.17) is 14.9 Å². The van der Waals surface area contributed by atoms with Crippen LogP contribution in [0.15, 0.2) is 44.0 Å². The van der Waals surface area contributed by atoms with E-state index in [1.807, 2.05) is 0 Å². The van der Waals surface area contributed by atoms with E-state index in [2.05, 4.69) is 20.9 Å². The molecule has 0 aliphatic rings. The molecule has 7 heteroatoms. The third-order valence-corrected chi connectivity index (χ3v) is 3.31. The van der Waals surface area contributed by atoms with Gasteiger partial charge in [-0.25, -0.2) is 9.18 Å². The number of ether oxygens (including phenoxy) is 1. The van der Waals surface area contributed by atoms with E-state index < -0.39 is 11.6 Å². The molecule has 0 saturated carbocycles. The second kappa shape index (κ2) is 4.68. The van der Waals surface area contributed by atoms with Crippen molar-refractivity contribution in [2.45, 2.75) is 0 Å². The molecular formula is C13H8BrFN2O3. The zero-order valence-electron chi connectivity index (χ0n) is 9.94. The van der Waals surface area contributed by atoms with Crippen molar-refractivity contribution in [1.82, 2.24) is 4.98 Å². The second-order valence-electron chi connectivity index (χ2n) is 4.08. The van der Waals surface area contributed by atoms with Crippen LogP contribution in [0.25, 0.3) is 11.1 Å². The van der Waals surface area contributed by atoms with Crippen molar-refractivity contribution < 1.29 is 13.5 Å². The number of fused-ring (bicyclic) bond motifs is 1. The molecular weight excluding hydrogens is 331 g/mol. The van der Waals surface area contributed by atoms with Gasteiger partial charge in [0.15, 0.2) is 11.3 Å². The van der Waals surface area contributed by atoms with Gasteiger partial charge in [0.1, 0.15) is 11.6 Å². The van der Waals surface area contributed by atoms with Gasteiger partial charge in [-0.3, -0.25) is 4.98 Å². The van der Waals surface area contributed by atoms with Crippen LogP contribution in [0.5, 0.6) is 11.5 Å². The molecule has 2 aromatic carbocycles. The molecule has 3 aromatic rings. The van der Waals surface area contributed by atoms with Crippen LogP contribution in [-0.4, -0.2) is 4.98 Å². The number of hydrogen-bond donors (Lipinski definition) is 2. The van der Waals surface area contributed by atoms with Gasteiger partial charge in [0, 0.05) is 18.2 Å². The smallest absolute Gasteiger partial charge is 0.417 e. The molecule has 0 amide bonds. The fourth-order valence-electron chi connectivity index (χ4n) is 1.75. The lowest BCUT2D eigenvalue weighted by Gasteiger charge is -2.08. The highest BCUT2D eigenvalue weighted by atomic mass is 79.9. The van der Waals surface area contributed by atoms with Crippen molar-refractivity contribution >= 4 is 32.7 Å². The minimum atomic E-state index is -0.578. The van der Waals surface area contributed by atoms with Gasteiger partial charge in [0.2, 0.25) is 0 Å². The maximum Gasteiger partial charge on any atom is 0.417 e. The van der Waals surface area contributed by atoms with Gasteiger partial charge in [0.25, 0.3) is 0 Å². The molecule has 0 atom stereocenters. The fraction of sp³-hybridized carbons (Fsp3) is 0. The molecule has 20 heavy (non-hydrogen) atoms. The summed E-state index contributed by atoms with van der Waals surface area (Å²) >= 11 is 3.06. The molecule has 0 unspecified atom stereocenters. The summed E-state index contributed by atoms with van der Waals surface area (Å²) in [6.45, 7) is 0. The predicted octanol–water partition coefficient (Wildman–Crippen LogP) is 3.40. The molecule has 0 fully saturated rings. The Morgan fingerprint density at radius 1 is 1.30 bits per heavy atom. The molecule has 0 bridgehead atoms. The number of nitrogen functional groups attached to an aromatic ring is 1. The first-order valence-corrected chi connectivity index (χ1v) is 6.37. The van der Waals surface area contributed by atoms with Gasteiger partial charge >= 0.3 is 5.76 Å². The van der Waals surface area contributed by atoms with Gasteiger partial charge in [-0.15, -0.1) is 0 Å². The van der Waals surface area contributed by atoms with Crippen molar-refractivity contribution in [1.29, 1.82) is 0 Å². The fourth-order valence-corrected chi connectivity index (χ4v) is 2.00. The third-order valence-electron chi connectivity index (χ3n) is 2.67. The number of aromatic amines is 1. The quantitative estimate of drug-likeness (QED) is 0.701. The van der Waals surface area contributed by atoms with Crippen LogP contribution in [0.3, 0.4) is 0 Å². The second-order valence-corrected chi connectivity index (χ2v) is 4.93. The number of rotatable bonds is 2. The highest BCUT2D eigenvalue weighted by Crippen LogP contribution is 2.32. The highest BCUT2D eigenvalue weighted by molar-refractivity contribution is 9.10. The summed E-state index contributed by atoms with van der Waals surface area (Å²) in [5.74, 6) is -0.427.